The Kier molecular flexibility index (Phi) is 3.64. The fraction of sp³-hybridized carbons (Fsp3) is 0.500. The summed E-state index contributed by atoms with van der Waals surface area (Å²) in [6.45, 7) is 6.14. The Morgan fingerprint density at radius 1 is 1.43 bits per heavy atom. The summed E-state index contributed by atoms with van der Waals surface area (Å²) in [4.78, 5) is 0. The summed E-state index contributed by atoms with van der Waals surface area (Å²) in [7, 11) is 0. The monoisotopic (exact) mass is 195 g/mol. The molecule has 0 spiro atoms. The van der Waals surface area contributed by atoms with Crippen LogP contribution in [0.2, 0.25) is 0 Å². The average molecular weight is 195 g/mol. The van der Waals surface area contributed by atoms with E-state index in [2.05, 4.69) is 13.8 Å². The first-order valence-electron chi connectivity index (χ1n) is 5.08. The van der Waals surface area contributed by atoms with Gasteiger partial charge in [0.05, 0.1) is 0 Å². The van der Waals surface area contributed by atoms with E-state index in [0.717, 1.165) is 17.5 Å². The molecule has 0 heterocycles. The molecule has 78 valence electrons. The Labute approximate surface area is 85.1 Å². The molecule has 2 heteroatoms. The van der Waals surface area contributed by atoms with Crippen LogP contribution in [-0.2, 0) is 0 Å². The van der Waals surface area contributed by atoms with Gasteiger partial charge in [0.2, 0.25) is 0 Å². The van der Waals surface area contributed by atoms with Crippen molar-refractivity contribution in [1.82, 2.24) is 0 Å². The highest BCUT2D eigenvalue weighted by atomic mass is 19.1. The van der Waals surface area contributed by atoms with Gasteiger partial charge in [0, 0.05) is 6.04 Å². The van der Waals surface area contributed by atoms with Gasteiger partial charge in [0.15, 0.2) is 0 Å². The molecule has 1 aromatic carbocycles. The molecule has 1 nitrogen and oxygen atoms in total. The topological polar surface area (TPSA) is 26.0 Å². The summed E-state index contributed by atoms with van der Waals surface area (Å²) < 4.78 is 12.9. The molecule has 0 fully saturated rings. The SMILES string of the molecule is CCC(C)C(N)c1ccc(F)cc1C. The molecule has 0 bridgehead atoms. The van der Waals surface area contributed by atoms with Crippen molar-refractivity contribution < 1.29 is 4.39 Å². The van der Waals surface area contributed by atoms with Gasteiger partial charge < -0.3 is 5.73 Å². The minimum absolute atomic E-state index is 0.0144. The highest BCUT2D eigenvalue weighted by molar-refractivity contribution is 5.29. The Balaban J connectivity index is 2.95. The fourth-order valence-corrected chi connectivity index (χ4v) is 1.57. The van der Waals surface area contributed by atoms with Gasteiger partial charge in [-0.15, -0.1) is 0 Å². The van der Waals surface area contributed by atoms with Crippen LogP contribution < -0.4 is 5.73 Å². The predicted molar refractivity (Wildman–Crippen MR) is 57.5 cm³/mol. The van der Waals surface area contributed by atoms with Crippen molar-refractivity contribution in [2.45, 2.75) is 33.2 Å². The number of aryl methyl sites for hydroxylation is 1. The summed E-state index contributed by atoms with van der Waals surface area (Å²) in [6, 6.07) is 4.82. The summed E-state index contributed by atoms with van der Waals surface area (Å²) >= 11 is 0. The van der Waals surface area contributed by atoms with Crippen LogP contribution in [0.15, 0.2) is 18.2 Å². The zero-order valence-corrected chi connectivity index (χ0v) is 9.05. The van der Waals surface area contributed by atoms with Crippen molar-refractivity contribution in [2.24, 2.45) is 11.7 Å². The Morgan fingerprint density at radius 3 is 2.57 bits per heavy atom. The van der Waals surface area contributed by atoms with Gasteiger partial charge in [-0.2, -0.15) is 0 Å². The third kappa shape index (κ3) is 2.32. The van der Waals surface area contributed by atoms with Gasteiger partial charge in [-0.05, 0) is 36.1 Å². The molecule has 14 heavy (non-hydrogen) atoms. The molecular formula is C12H18FN. The van der Waals surface area contributed by atoms with E-state index in [4.69, 9.17) is 5.73 Å². The molecule has 0 aliphatic heterocycles. The molecule has 0 saturated carbocycles. The molecule has 0 amide bonds. The van der Waals surface area contributed by atoms with Gasteiger partial charge in [-0.1, -0.05) is 26.3 Å². The second-order valence-electron chi connectivity index (χ2n) is 3.91. The van der Waals surface area contributed by atoms with Crippen LogP contribution in [-0.4, -0.2) is 0 Å². The third-order valence-electron chi connectivity index (χ3n) is 2.85. The molecule has 2 unspecified atom stereocenters. The van der Waals surface area contributed by atoms with E-state index in [1.54, 1.807) is 6.07 Å². The molecule has 0 saturated heterocycles. The Bertz CT molecular complexity index is 309. The van der Waals surface area contributed by atoms with Gasteiger partial charge in [0.25, 0.3) is 0 Å². The van der Waals surface area contributed by atoms with Crippen LogP contribution >= 0.6 is 0 Å². The number of rotatable bonds is 3. The summed E-state index contributed by atoms with van der Waals surface area (Å²) in [5.41, 5.74) is 8.08. The number of halogens is 1. The lowest BCUT2D eigenvalue weighted by Gasteiger charge is -2.20. The quantitative estimate of drug-likeness (QED) is 0.787. The van der Waals surface area contributed by atoms with E-state index in [1.807, 2.05) is 6.92 Å². The molecule has 2 atom stereocenters. The van der Waals surface area contributed by atoms with Gasteiger partial charge in [0.1, 0.15) is 5.82 Å². The number of nitrogens with two attached hydrogens (primary N) is 1. The lowest BCUT2D eigenvalue weighted by molar-refractivity contribution is 0.454. The van der Waals surface area contributed by atoms with Crippen LogP contribution in [0.4, 0.5) is 4.39 Å². The first-order valence-corrected chi connectivity index (χ1v) is 5.08. The molecular weight excluding hydrogens is 177 g/mol. The molecule has 1 aromatic rings. The molecule has 0 aliphatic rings. The predicted octanol–water partition coefficient (Wildman–Crippen LogP) is 3.18. The van der Waals surface area contributed by atoms with Gasteiger partial charge in [-0.3, -0.25) is 0 Å². The summed E-state index contributed by atoms with van der Waals surface area (Å²) in [6.07, 6.45) is 1.04. The maximum Gasteiger partial charge on any atom is 0.123 e. The first kappa shape index (κ1) is 11.2. The molecule has 0 aromatic heterocycles. The highest BCUT2D eigenvalue weighted by Gasteiger charge is 2.15. The van der Waals surface area contributed by atoms with E-state index in [0.29, 0.717) is 5.92 Å². The lowest BCUT2D eigenvalue weighted by atomic mass is 9.91. The Morgan fingerprint density at radius 2 is 2.07 bits per heavy atom. The van der Waals surface area contributed by atoms with Crippen LogP contribution in [0.25, 0.3) is 0 Å². The molecule has 0 radical (unpaired) electrons. The number of hydrogen-bond acceptors (Lipinski definition) is 1. The van der Waals surface area contributed by atoms with Crippen molar-refractivity contribution >= 4 is 0 Å². The number of hydrogen-bond donors (Lipinski definition) is 1. The fourth-order valence-electron chi connectivity index (χ4n) is 1.57. The normalized spacial score (nSPS) is 15.2. The van der Waals surface area contributed by atoms with Crippen LogP contribution in [0.1, 0.15) is 37.4 Å². The van der Waals surface area contributed by atoms with Crippen molar-refractivity contribution in [1.29, 1.82) is 0 Å². The smallest absolute Gasteiger partial charge is 0.123 e. The van der Waals surface area contributed by atoms with Crippen LogP contribution in [0.5, 0.6) is 0 Å². The van der Waals surface area contributed by atoms with Crippen molar-refractivity contribution in [3.8, 4) is 0 Å². The van der Waals surface area contributed by atoms with E-state index >= 15 is 0 Å². The highest BCUT2D eigenvalue weighted by Crippen LogP contribution is 2.24. The standard InChI is InChI=1S/C12H18FN/c1-4-8(2)12(14)11-6-5-10(13)7-9(11)3/h5-8,12H,4,14H2,1-3H3. The lowest BCUT2D eigenvalue weighted by Crippen LogP contribution is -2.19. The van der Waals surface area contributed by atoms with E-state index in [-0.39, 0.29) is 11.9 Å². The number of benzene rings is 1. The summed E-state index contributed by atoms with van der Waals surface area (Å²) in [5, 5.41) is 0. The molecule has 0 aliphatic carbocycles. The third-order valence-corrected chi connectivity index (χ3v) is 2.85. The Hall–Kier alpha value is -0.890. The van der Waals surface area contributed by atoms with Gasteiger partial charge >= 0.3 is 0 Å². The largest absolute Gasteiger partial charge is 0.324 e. The van der Waals surface area contributed by atoms with Crippen LogP contribution in [0, 0.1) is 18.7 Å². The second-order valence-corrected chi connectivity index (χ2v) is 3.91. The van der Waals surface area contributed by atoms with Crippen LogP contribution in [0.3, 0.4) is 0 Å². The minimum Gasteiger partial charge on any atom is -0.324 e. The molecule has 2 N–H and O–H groups in total. The minimum atomic E-state index is -0.192. The average Bonchev–Trinajstić information content (AvgIpc) is 2.15. The van der Waals surface area contributed by atoms with E-state index < -0.39 is 0 Å². The van der Waals surface area contributed by atoms with E-state index in [9.17, 15) is 4.39 Å². The molecule has 1 rings (SSSR count). The second kappa shape index (κ2) is 4.56. The van der Waals surface area contributed by atoms with Crippen molar-refractivity contribution in [2.75, 3.05) is 0 Å². The maximum atomic E-state index is 12.9. The van der Waals surface area contributed by atoms with Crippen molar-refractivity contribution in [3.05, 3.63) is 35.1 Å². The first-order chi connectivity index (χ1) is 6.56. The summed E-state index contributed by atoms with van der Waals surface area (Å²) in [5.74, 6) is 0.238. The maximum absolute atomic E-state index is 12.9. The zero-order chi connectivity index (χ0) is 10.7. The van der Waals surface area contributed by atoms with Gasteiger partial charge in [-0.25, -0.2) is 4.39 Å². The van der Waals surface area contributed by atoms with E-state index in [1.165, 1.54) is 12.1 Å². The van der Waals surface area contributed by atoms with Crippen molar-refractivity contribution in [3.63, 3.8) is 0 Å². The zero-order valence-electron chi connectivity index (χ0n) is 9.05.